The fourth-order valence-electron chi connectivity index (χ4n) is 7.30. The van der Waals surface area contributed by atoms with Crippen LogP contribution in [-0.2, 0) is 16.6 Å². The van der Waals surface area contributed by atoms with E-state index in [4.69, 9.17) is 16.3 Å². The van der Waals surface area contributed by atoms with Gasteiger partial charge in [0.15, 0.2) is 17.6 Å². The van der Waals surface area contributed by atoms with Crippen LogP contribution in [0.5, 0.6) is 11.5 Å². The smallest absolute Gasteiger partial charge is 0.255 e. The highest BCUT2D eigenvalue weighted by atomic mass is 35.5. The Morgan fingerprint density at radius 1 is 1.24 bits per heavy atom. The van der Waals surface area contributed by atoms with Crippen molar-refractivity contribution in [3.63, 3.8) is 0 Å². The molecule has 0 radical (unpaired) electrons. The van der Waals surface area contributed by atoms with E-state index >= 15 is 0 Å². The number of hydrogen-bond donors (Lipinski definition) is 4. The summed E-state index contributed by atoms with van der Waals surface area (Å²) in [7, 11) is 0. The second kappa shape index (κ2) is 8.13. The van der Waals surface area contributed by atoms with E-state index in [1.54, 1.807) is 24.3 Å². The van der Waals surface area contributed by atoms with E-state index in [1.807, 2.05) is 13.0 Å². The van der Waals surface area contributed by atoms with Crippen LogP contribution in [0.4, 0.5) is 5.69 Å². The van der Waals surface area contributed by atoms with Gasteiger partial charge < -0.3 is 25.4 Å². The van der Waals surface area contributed by atoms with Gasteiger partial charge in [0.25, 0.3) is 5.91 Å². The monoisotopic (exact) mass is 524 g/mol. The largest absolute Gasteiger partial charge is 0.508 e. The maximum absolute atomic E-state index is 13.5. The molecule has 1 saturated heterocycles. The number of halogens is 1. The van der Waals surface area contributed by atoms with Crippen molar-refractivity contribution in [1.82, 2.24) is 4.90 Å². The first-order valence-corrected chi connectivity index (χ1v) is 13.1. The molecule has 2 aliphatic heterocycles. The number of aryl methyl sites for hydroxylation is 1. The number of likely N-dealkylation sites (tertiary alicyclic amines) is 1. The summed E-state index contributed by atoms with van der Waals surface area (Å²) in [5, 5.41) is 38.3. The van der Waals surface area contributed by atoms with Crippen LogP contribution in [0.25, 0.3) is 0 Å². The van der Waals surface area contributed by atoms with Crippen molar-refractivity contribution < 1.29 is 24.9 Å². The molecule has 0 unspecified atom stereocenters. The molecule has 8 heteroatoms. The summed E-state index contributed by atoms with van der Waals surface area (Å²) in [4.78, 5) is 15.9. The molecule has 4 N–H and O–H groups in total. The number of carbonyl (C=O) groups is 1. The summed E-state index contributed by atoms with van der Waals surface area (Å²) in [5.41, 5.74) is 1.11. The number of aliphatic hydroxyl groups is 2. The number of carbonyl (C=O) groups excluding carboxylic acids is 1. The Morgan fingerprint density at radius 3 is 2.76 bits per heavy atom. The van der Waals surface area contributed by atoms with Gasteiger partial charge in [0.2, 0.25) is 0 Å². The first-order chi connectivity index (χ1) is 17.2. The maximum atomic E-state index is 13.5. The Balaban J connectivity index is 0.00000252. The molecule has 1 spiro atoms. The molecule has 1 saturated carbocycles. The van der Waals surface area contributed by atoms with E-state index in [2.05, 4.69) is 10.2 Å². The molecule has 2 aromatic carbocycles. The lowest BCUT2D eigenvalue weighted by atomic mass is 9.49. The quantitative estimate of drug-likeness (QED) is 0.465. The summed E-state index contributed by atoms with van der Waals surface area (Å²) < 4.78 is 6.25. The van der Waals surface area contributed by atoms with Gasteiger partial charge in [-0.3, -0.25) is 9.69 Å². The van der Waals surface area contributed by atoms with Gasteiger partial charge in [0.05, 0.1) is 16.6 Å². The van der Waals surface area contributed by atoms with E-state index in [9.17, 15) is 20.1 Å². The molecule has 7 rings (SSSR count). The van der Waals surface area contributed by atoms with Crippen LogP contribution in [0.15, 0.2) is 41.7 Å². The molecule has 2 fully saturated rings. The maximum Gasteiger partial charge on any atom is 0.255 e. The van der Waals surface area contributed by atoms with E-state index in [0.717, 1.165) is 29.8 Å². The summed E-state index contributed by atoms with van der Waals surface area (Å²) in [5.74, 6) is 0.332. The number of nitrogens with one attached hydrogen (secondary N) is 1. The van der Waals surface area contributed by atoms with Crippen molar-refractivity contribution in [2.75, 3.05) is 18.4 Å². The predicted molar refractivity (Wildman–Crippen MR) is 141 cm³/mol. The highest BCUT2D eigenvalue weighted by molar-refractivity contribution is 6.31. The standard InChI is InChI=1S/C28H29ClN2O5.CH4/c1-14-10-17(5-6-19(14)29)30-26(34)18-12-28(35)21-11-16-4-7-20(32)24-22(16)27(28,25(36-24)23(18)33)8-9-31(21)13-15-2-3-15;/h4-7,10,15,21,25,32-33,35H,2-3,8-9,11-13H2,1H3,(H,30,34);1H4/t21-,25+,27+,28-;/m1./s1. The van der Waals surface area contributed by atoms with Gasteiger partial charge in [-0.25, -0.2) is 0 Å². The van der Waals surface area contributed by atoms with E-state index in [1.165, 1.54) is 12.8 Å². The summed E-state index contributed by atoms with van der Waals surface area (Å²) in [6.07, 6.45) is 2.68. The van der Waals surface area contributed by atoms with Gasteiger partial charge in [-0.2, -0.15) is 0 Å². The molecule has 196 valence electrons. The zero-order valence-electron chi connectivity index (χ0n) is 20.1. The van der Waals surface area contributed by atoms with Crippen LogP contribution in [0, 0.1) is 12.8 Å². The van der Waals surface area contributed by atoms with Gasteiger partial charge in [-0.15, -0.1) is 0 Å². The van der Waals surface area contributed by atoms with Crippen LogP contribution in [0.3, 0.4) is 0 Å². The predicted octanol–water partition coefficient (Wildman–Crippen LogP) is 4.61. The number of piperidine rings is 1. The van der Waals surface area contributed by atoms with Crippen molar-refractivity contribution >= 4 is 23.2 Å². The number of anilines is 1. The van der Waals surface area contributed by atoms with Gasteiger partial charge in [0, 0.05) is 35.3 Å². The molecule has 4 atom stereocenters. The second-order valence-corrected chi connectivity index (χ2v) is 11.6. The Morgan fingerprint density at radius 2 is 2.03 bits per heavy atom. The number of phenols is 1. The Labute approximate surface area is 221 Å². The molecule has 0 aromatic heterocycles. The summed E-state index contributed by atoms with van der Waals surface area (Å²) >= 11 is 6.14. The lowest BCUT2D eigenvalue weighted by Gasteiger charge is -2.62. The molecular weight excluding hydrogens is 492 g/mol. The zero-order valence-corrected chi connectivity index (χ0v) is 20.8. The Bertz CT molecular complexity index is 1350. The number of aliphatic hydroxyl groups excluding tert-OH is 1. The third-order valence-electron chi connectivity index (χ3n) is 9.21. The Kier molecular flexibility index (Phi) is 5.40. The number of amides is 1. The first-order valence-electron chi connectivity index (χ1n) is 12.7. The number of aromatic hydroxyl groups is 1. The van der Waals surface area contributed by atoms with Gasteiger partial charge in [0.1, 0.15) is 5.76 Å². The molecule has 5 aliphatic rings. The third-order valence-corrected chi connectivity index (χ3v) is 9.63. The van der Waals surface area contributed by atoms with Crippen LogP contribution < -0.4 is 10.1 Å². The van der Waals surface area contributed by atoms with E-state index in [0.29, 0.717) is 35.2 Å². The topological polar surface area (TPSA) is 102 Å². The minimum absolute atomic E-state index is 0. The van der Waals surface area contributed by atoms with Gasteiger partial charge in [-0.1, -0.05) is 25.1 Å². The average molecular weight is 525 g/mol. The zero-order chi connectivity index (χ0) is 25.0. The van der Waals surface area contributed by atoms with E-state index in [-0.39, 0.29) is 37.0 Å². The highest BCUT2D eigenvalue weighted by Crippen LogP contribution is 2.66. The third kappa shape index (κ3) is 3.23. The van der Waals surface area contributed by atoms with Crippen molar-refractivity contribution in [3.05, 3.63) is 63.4 Å². The second-order valence-electron chi connectivity index (χ2n) is 11.2. The molecule has 37 heavy (non-hydrogen) atoms. The normalized spacial score (nSPS) is 31.3. The molecular formula is C29H33ClN2O5. The molecule has 7 nitrogen and oxygen atoms in total. The average Bonchev–Trinajstić information content (AvgIpc) is 3.58. The van der Waals surface area contributed by atoms with Crippen LogP contribution in [-0.4, -0.2) is 57.0 Å². The number of hydrogen-bond acceptors (Lipinski definition) is 6. The van der Waals surface area contributed by atoms with Crippen LogP contribution in [0.2, 0.25) is 5.02 Å². The lowest BCUT2D eigenvalue weighted by Crippen LogP contribution is -2.75. The summed E-state index contributed by atoms with van der Waals surface area (Å²) in [6.45, 7) is 3.56. The number of nitrogens with zero attached hydrogens (tertiary/aromatic N) is 1. The van der Waals surface area contributed by atoms with Crippen LogP contribution >= 0.6 is 11.6 Å². The lowest BCUT2D eigenvalue weighted by molar-refractivity contribution is -0.172. The van der Waals surface area contributed by atoms with Gasteiger partial charge >= 0.3 is 0 Å². The molecule has 2 aromatic rings. The molecule has 3 aliphatic carbocycles. The number of benzene rings is 2. The number of phenolic OH excluding ortho intramolecular Hbond substituents is 1. The molecule has 2 bridgehead atoms. The van der Waals surface area contributed by atoms with E-state index < -0.39 is 23.0 Å². The fourth-order valence-corrected chi connectivity index (χ4v) is 7.41. The summed E-state index contributed by atoms with van der Waals surface area (Å²) in [6, 6.07) is 8.53. The minimum Gasteiger partial charge on any atom is -0.508 e. The number of rotatable bonds is 4. The molecule has 1 amide bonds. The molecule has 2 heterocycles. The highest BCUT2D eigenvalue weighted by Gasteiger charge is 2.73. The van der Waals surface area contributed by atoms with Crippen LogP contribution in [0.1, 0.15) is 49.8 Å². The Hall–Kier alpha value is -2.74. The van der Waals surface area contributed by atoms with Crippen molar-refractivity contribution in [3.8, 4) is 11.5 Å². The van der Waals surface area contributed by atoms with Crippen molar-refractivity contribution in [2.24, 2.45) is 5.92 Å². The van der Waals surface area contributed by atoms with Crippen molar-refractivity contribution in [1.29, 1.82) is 0 Å². The van der Waals surface area contributed by atoms with Crippen molar-refractivity contribution in [2.45, 2.75) is 69.6 Å². The number of ether oxygens (including phenoxy) is 1. The first kappa shape index (κ1) is 24.6. The SMILES string of the molecule is C.Cc1cc(NC(=O)C2=C(O)[C@@H]3Oc4c(O)ccc5c4[C@@]34CCN(CC3CC3)[C@H](C5)[C@]4(O)C2)ccc1Cl. The fraction of sp³-hybridized carbons (Fsp3) is 0.483. The van der Waals surface area contributed by atoms with Gasteiger partial charge in [-0.05, 0) is 80.5 Å². The minimum atomic E-state index is -1.33.